The summed E-state index contributed by atoms with van der Waals surface area (Å²) in [4.78, 5) is 36.6. The maximum absolute atomic E-state index is 14.1. The van der Waals surface area contributed by atoms with Gasteiger partial charge in [-0.05, 0) is 58.7 Å². The minimum atomic E-state index is -0.881. The topological polar surface area (TPSA) is 140 Å². The third-order valence-electron chi connectivity index (χ3n) is 7.18. The molecule has 5 rings (SSSR count). The Bertz CT molecular complexity index is 1340. The largest absolute Gasteiger partial charge is 0.465 e. The van der Waals surface area contributed by atoms with Crippen LogP contribution in [0.25, 0.3) is 5.65 Å². The molecule has 2 fully saturated rings. The molecular formula is C26H34FN9O3. The van der Waals surface area contributed by atoms with Gasteiger partial charge in [0.1, 0.15) is 5.82 Å². The number of pyridine rings is 1. The fourth-order valence-corrected chi connectivity index (χ4v) is 4.89. The van der Waals surface area contributed by atoms with Gasteiger partial charge in [-0.15, -0.1) is 5.10 Å². The van der Waals surface area contributed by atoms with Gasteiger partial charge in [-0.1, -0.05) is 0 Å². The second-order valence-corrected chi connectivity index (χ2v) is 10.5. The zero-order chi connectivity index (χ0) is 27.5. The lowest BCUT2D eigenvalue weighted by Crippen LogP contribution is -2.46. The Kier molecular flexibility index (Phi) is 7.77. The number of aromatic nitrogens is 4. The predicted octanol–water partition coefficient (Wildman–Crippen LogP) is 3.35. The molecule has 0 bridgehead atoms. The zero-order valence-corrected chi connectivity index (χ0v) is 22.1. The standard InChI is InChI=1S/C26H34FN9O3/c1-34(2)11-12-35(26(38)39)18-7-5-17(6-8-18)31-23-13-21(30-16-3-4-16)24-29-15-22(36(24)33-23)25(37)32-20-9-10-28-14-19(20)27/h9-10,13-18,30H,3-8,11-12H2,1-2H3,(H,31,33)(H,38,39)(H,28,32,37). The highest BCUT2D eigenvalue weighted by atomic mass is 19.1. The molecule has 0 aliphatic heterocycles. The number of carbonyl (C=O) groups is 2. The summed E-state index contributed by atoms with van der Waals surface area (Å²) in [6.07, 6.45) is 8.19. The van der Waals surface area contributed by atoms with E-state index in [9.17, 15) is 19.1 Å². The Balaban J connectivity index is 1.32. The van der Waals surface area contributed by atoms with E-state index in [0.29, 0.717) is 30.6 Å². The molecule has 0 aromatic carbocycles. The lowest BCUT2D eigenvalue weighted by Gasteiger charge is -2.36. The van der Waals surface area contributed by atoms with E-state index in [1.807, 2.05) is 25.1 Å². The van der Waals surface area contributed by atoms with E-state index in [1.165, 1.54) is 23.0 Å². The number of nitrogens with one attached hydrogen (secondary N) is 3. The molecule has 0 spiro atoms. The van der Waals surface area contributed by atoms with Crippen LogP contribution < -0.4 is 16.0 Å². The molecule has 39 heavy (non-hydrogen) atoms. The van der Waals surface area contributed by atoms with E-state index in [0.717, 1.165) is 50.4 Å². The number of hydrogen-bond acceptors (Lipinski definition) is 8. The average molecular weight is 540 g/mol. The number of hydrogen-bond donors (Lipinski definition) is 4. The molecule has 0 unspecified atom stereocenters. The maximum atomic E-state index is 14.1. The number of carbonyl (C=O) groups excluding carboxylic acids is 1. The van der Waals surface area contributed by atoms with Gasteiger partial charge in [0.2, 0.25) is 0 Å². The van der Waals surface area contributed by atoms with Gasteiger partial charge < -0.3 is 30.9 Å². The Labute approximate surface area is 225 Å². The van der Waals surface area contributed by atoms with E-state index in [-0.39, 0.29) is 23.5 Å². The number of halogens is 1. The molecule has 2 saturated carbocycles. The minimum absolute atomic E-state index is 0.0134. The number of rotatable bonds is 10. The van der Waals surface area contributed by atoms with Gasteiger partial charge >= 0.3 is 6.09 Å². The maximum Gasteiger partial charge on any atom is 0.407 e. The molecule has 0 radical (unpaired) electrons. The number of carboxylic acid groups (broad SMARTS) is 1. The van der Waals surface area contributed by atoms with Crippen molar-refractivity contribution in [1.29, 1.82) is 0 Å². The summed E-state index contributed by atoms with van der Waals surface area (Å²) >= 11 is 0. The Morgan fingerprint density at radius 2 is 1.77 bits per heavy atom. The first-order chi connectivity index (χ1) is 18.8. The molecule has 208 valence electrons. The van der Waals surface area contributed by atoms with Crippen molar-refractivity contribution in [2.45, 2.75) is 56.7 Å². The van der Waals surface area contributed by atoms with Crippen molar-refractivity contribution in [3.63, 3.8) is 0 Å². The number of anilines is 3. The van der Waals surface area contributed by atoms with Crippen molar-refractivity contribution in [1.82, 2.24) is 29.4 Å². The molecule has 2 amide bonds. The minimum Gasteiger partial charge on any atom is -0.465 e. The molecule has 2 aliphatic rings. The molecular weight excluding hydrogens is 505 g/mol. The quantitative estimate of drug-likeness (QED) is 0.305. The molecule has 4 N–H and O–H groups in total. The smallest absolute Gasteiger partial charge is 0.407 e. The summed E-state index contributed by atoms with van der Waals surface area (Å²) < 4.78 is 15.5. The van der Waals surface area contributed by atoms with Gasteiger partial charge in [0.15, 0.2) is 17.2 Å². The van der Waals surface area contributed by atoms with Crippen molar-refractivity contribution in [3.05, 3.63) is 42.2 Å². The van der Waals surface area contributed by atoms with Crippen LogP contribution in [0.1, 0.15) is 49.0 Å². The molecule has 3 aromatic heterocycles. The van der Waals surface area contributed by atoms with Crippen LogP contribution in [-0.4, -0.2) is 91.8 Å². The summed E-state index contributed by atoms with van der Waals surface area (Å²) in [5.74, 6) is -0.592. The Hall–Kier alpha value is -4.00. The number of likely N-dealkylation sites (N-methyl/N-ethyl adjacent to an activating group) is 1. The van der Waals surface area contributed by atoms with E-state index in [1.54, 1.807) is 4.90 Å². The summed E-state index contributed by atoms with van der Waals surface area (Å²) in [5, 5.41) is 23.9. The SMILES string of the molecule is CN(C)CCN(C(=O)O)C1CCC(Nc2cc(NC3CC3)c3ncc(C(=O)Nc4ccncc4F)n3n2)CC1. The van der Waals surface area contributed by atoms with Crippen LogP contribution in [0.5, 0.6) is 0 Å². The Morgan fingerprint density at radius 3 is 2.44 bits per heavy atom. The van der Waals surface area contributed by atoms with E-state index in [2.05, 4.69) is 31.0 Å². The van der Waals surface area contributed by atoms with Gasteiger partial charge in [0.05, 0.1) is 23.8 Å². The number of amides is 2. The number of fused-ring (bicyclic) bond motifs is 1. The molecule has 0 saturated heterocycles. The molecule has 3 aromatic rings. The van der Waals surface area contributed by atoms with Gasteiger partial charge in [-0.25, -0.2) is 18.7 Å². The molecule has 12 nitrogen and oxygen atoms in total. The van der Waals surface area contributed by atoms with Crippen LogP contribution in [0, 0.1) is 5.82 Å². The normalized spacial score (nSPS) is 19.2. The monoisotopic (exact) mass is 539 g/mol. The first-order valence-electron chi connectivity index (χ1n) is 13.3. The first kappa shape index (κ1) is 26.6. The molecule has 2 aliphatic carbocycles. The third kappa shape index (κ3) is 6.36. The van der Waals surface area contributed by atoms with E-state index in [4.69, 9.17) is 0 Å². The summed E-state index contributed by atoms with van der Waals surface area (Å²) in [6, 6.07) is 3.73. The van der Waals surface area contributed by atoms with Crippen LogP contribution in [0.15, 0.2) is 30.7 Å². The average Bonchev–Trinajstić information content (AvgIpc) is 3.61. The fraction of sp³-hybridized carbons (Fsp3) is 0.500. The summed E-state index contributed by atoms with van der Waals surface area (Å²) in [7, 11) is 3.87. The molecule has 3 heterocycles. The van der Waals surface area contributed by atoms with Crippen LogP contribution in [-0.2, 0) is 0 Å². The lowest BCUT2D eigenvalue weighted by atomic mass is 9.90. The van der Waals surface area contributed by atoms with Crippen molar-refractivity contribution in [3.8, 4) is 0 Å². The number of nitrogens with zero attached hydrogens (tertiary/aromatic N) is 6. The van der Waals surface area contributed by atoms with Crippen molar-refractivity contribution in [2.24, 2.45) is 0 Å². The molecule has 13 heteroatoms. The van der Waals surface area contributed by atoms with Gasteiger partial charge in [0, 0.05) is 43.5 Å². The third-order valence-corrected chi connectivity index (χ3v) is 7.18. The zero-order valence-electron chi connectivity index (χ0n) is 22.1. The highest BCUT2D eigenvalue weighted by Crippen LogP contribution is 2.30. The Morgan fingerprint density at radius 1 is 1.05 bits per heavy atom. The summed E-state index contributed by atoms with van der Waals surface area (Å²) in [6.45, 7) is 1.16. The second kappa shape index (κ2) is 11.4. The first-order valence-corrected chi connectivity index (χ1v) is 13.3. The van der Waals surface area contributed by atoms with Crippen molar-refractivity contribution >= 4 is 34.8 Å². The van der Waals surface area contributed by atoms with E-state index >= 15 is 0 Å². The van der Waals surface area contributed by atoms with Gasteiger partial charge in [-0.3, -0.25) is 9.78 Å². The summed E-state index contributed by atoms with van der Waals surface area (Å²) in [5.41, 5.74) is 1.46. The van der Waals surface area contributed by atoms with Crippen LogP contribution in [0.3, 0.4) is 0 Å². The predicted molar refractivity (Wildman–Crippen MR) is 145 cm³/mol. The fourth-order valence-electron chi connectivity index (χ4n) is 4.89. The lowest BCUT2D eigenvalue weighted by molar-refractivity contribution is 0.101. The van der Waals surface area contributed by atoms with Crippen LogP contribution in [0.4, 0.5) is 26.4 Å². The van der Waals surface area contributed by atoms with Gasteiger partial charge in [-0.2, -0.15) is 0 Å². The van der Waals surface area contributed by atoms with Crippen LogP contribution >= 0.6 is 0 Å². The second-order valence-electron chi connectivity index (χ2n) is 10.5. The highest BCUT2D eigenvalue weighted by Gasteiger charge is 2.30. The number of imidazole rings is 1. The van der Waals surface area contributed by atoms with Crippen LogP contribution in [0.2, 0.25) is 0 Å². The van der Waals surface area contributed by atoms with Gasteiger partial charge in [0.25, 0.3) is 5.91 Å². The molecule has 0 atom stereocenters. The van der Waals surface area contributed by atoms with Crippen molar-refractivity contribution < 1.29 is 19.1 Å². The van der Waals surface area contributed by atoms with E-state index < -0.39 is 17.8 Å². The highest BCUT2D eigenvalue weighted by molar-refractivity contribution is 6.03. The van der Waals surface area contributed by atoms with Crippen molar-refractivity contribution in [2.75, 3.05) is 43.1 Å².